The summed E-state index contributed by atoms with van der Waals surface area (Å²) in [5.41, 5.74) is 1.87. The third-order valence-corrected chi connectivity index (χ3v) is 6.07. The van der Waals surface area contributed by atoms with E-state index in [4.69, 9.17) is 9.84 Å². The van der Waals surface area contributed by atoms with E-state index in [0.717, 1.165) is 32.5 Å². The standard InChI is InChI=1S/C24H29FN2O3/c25-21-14-17(15-24(28)29)6-7-23(21)30-13-12-27-10-8-19(9-11-27)26-22-16-20(22)18-4-2-1-3-5-18/h1-7,14,19-20,22,26H,8-13,15-16H2,(H,28,29)/t20-,22+/m0/s1. The van der Waals surface area contributed by atoms with E-state index < -0.39 is 11.8 Å². The van der Waals surface area contributed by atoms with Gasteiger partial charge in [-0.3, -0.25) is 9.69 Å². The van der Waals surface area contributed by atoms with Gasteiger partial charge in [0.05, 0.1) is 6.42 Å². The van der Waals surface area contributed by atoms with Gasteiger partial charge in [0, 0.05) is 24.5 Å². The first-order valence-corrected chi connectivity index (χ1v) is 10.7. The average Bonchev–Trinajstić information content (AvgIpc) is 3.50. The summed E-state index contributed by atoms with van der Waals surface area (Å²) < 4.78 is 19.6. The second kappa shape index (κ2) is 9.58. The number of benzene rings is 2. The second-order valence-corrected chi connectivity index (χ2v) is 8.33. The molecule has 2 fully saturated rings. The van der Waals surface area contributed by atoms with Gasteiger partial charge in [0.2, 0.25) is 0 Å². The molecule has 160 valence electrons. The summed E-state index contributed by atoms with van der Waals surface area (Å²) in [6, 6.07) is 16.3. The Kier molecular flexibility index (Phi) is 6.65. The molecule has 2 N–H and O–H groups in total. The van der Waals surface area contributed by atoms with Crippen molar-refractivity contribution in [3.63, 3.8) is 0 Å². The molecule has 0 amide bonds. The maximum atomic E-state index is 14.1. The Labute approximate surface area is 176 Å². The fourth-order valence-corrected chi connectivity index (χ4v) is 4.30. The van der Waals surface area contributed by atoms with Crippen LogP contribution < -0.4 is 10.1 Å². The number of hydrogen-bond donors (Lipinski definition) is 2. The summed E-state index contributed by atoms with van der Waals surface area (Å²) in [5, 5.41) is 12.6. The minimum atomic E-state index is -0.974. The Morgan fingerprint density at radius 3 is 2.63 bits per heavy atom. The van der Waals surface area contributed by atoms with Crippen molar-refractivity contribution in [2.75, 3.05) is 26.2 Å². The highest BCUT2D eigenvalue weighted by atomic mass is 19.1. The van der Waals surface area contributed by atoms with Crippen LogP contribution in [0.15, 0.2) is 48.5 Å². The molecule has 0 spiro atoms. The average molecular weight is 413 g/mol. The topological polar surface area (TPSA) is 61.8 Å². The highest BCUT2D eigenvalue weighted by Gasteiger charge is 2.39. The monoisotopic (exact) mass is 412 g/mol. The molecule has 5 nitrogen and oxygen atoms in total. The van der Waals surface area contributed by atoms with E-state index in [-0.39, 0.29) is 12.2 Å². The van der Waals surface area contributed by atoms with E-state index in [2.05, 4.69) is 40.5 Å². The van der Waals surface area contributed by atoms with Crippen molar-refractivity contribution < 1.29 is 19.0 Å². The van der Waals surface area contributed by atoms with Gasteiger partial charge < -0.3 is 15.2 Å². The first kappa shape index (κ1) is 20.8. The molecule has 0 bridgehead atoms. The smallest absolute Gasteiger partial charge is 0.307 e. The summed E-state index contributed by atoms with van der Waals surface area (Å²) in [7, 11) is 0. The molecule has 6 heteroatoms. The SMILES string of the molecule is O=C(O)Cc1ccc(OCCN2CCC(N[C@@H]3C[C@H]3c3ccccc3)CC2)c(F)c1. The Balaban J connectivity index is 1.14. The van der Waals surface area contributed by atoms with Crippen LogP contribution in [0.5, 0.6) is 5.75 Å². The number of hydrogen-bond acceptors (Lipinski definition) is 4. The lowest BCUT2D eigenvalue weighted by molar-refractivity contribution is -0.136. The van der Waals surface area contributed by atoms with Gasteiger partial charge in [-0.15, -0.1) is 0 Å². The quantitative estimate of drug-likeness (QED) is 0.661. The van der Waals surface area contributed by atoms with Crippen LogP contribution in [0.4, 0.5) is 4.39 Å². The highest BCUT2D eigenvalue weighted by Crippen LogP contribution is 2.41. The number of nitrogens with one attached hydrogen (secondary N) is 1. The molecule has 0 unspecified atom stereocenters. The van der Waals surface area contributed by atoms with Gasteiger partial charge in [0.25, 0.3) is 0 Å². The van der Waals surface area contributed by atoms with Crippen LogP contribution in [-0.2, 0) is 11.2 Å². The Hall–Kier alpha value is -2.44. The molecule has 4 rings (SSSR count). The predicted octanol–water partition coefficient (Wildman–Crippen LogP) is 3.44. The summed E-state index contributed by atoms with van der Waals surface area (Å²) in [4.78, 5) is 13.1. The summed E-state index contributed by atoms with van der Waals surface area (Å²) >= 11 is 0. The molecule has 2 aromatic carbocycles. The van der Waals surface area contributed by atoms with Crippen LogP contribution in [0.3, 0.4) is 0 Å². The van der Waals surface area contributed by atoms with E-state index in [9.17, 15) is 9.18 Å². The molecule has 2 aliphatic rings. The zero-order chi connectivity index (χ0) is 20.9. The summed E-state index contributed by atoms with van der Waals surface area (Å²) in [5.74, 6) is -0.636. The van der Waals surface area contributed by atoms with Gasteiger partial charge in [-0.1, -0.05) is 36.4 Å². The molecule has 0 aromatic heterocycles. The van der Waals surface area contributed by atoms with Crippen molar-refractivity contribution in [1.29, 1.82) is 0 Å². The molecule has 1 aliphatic heterocycles. The molecule has 1 saturated carbocycles. The van der Waals surface area contributed by atoms with Crippen LogP contribution >= 0.6 is 0 Å². The van der Waals surface area contributed by atoms with Gasteiger partial charge in [0.1, 0.15) is 6.61 Å². The van der Waals surface area contributed by atoms with E-state index in [1.165, 1.54) is 24.1 Å². The number of aliphatic carboxylic acids is 1. The van der Waals surface area contributed by atoms with Crippen molar-refractivity contribution >= 4 is 5.97 Å². The third kappa shape index (κ3) is 5.58. The zero-order valence-electron chi connectivity index (χ0n) is 17.1. The van der Waals surface area contributed by atoms with Crippen LogP contribution in [0, 0.1) is 5.82 Å². The van der Waals surface area contributed by atoms with Crippen molar-refractivity contribution in [3.05, 3.63) is 65.5 Å². The number of halogens is 1. The third-order valence-electron chi connectivity index (χ3n) is 6.07. The normalized spacial score (nSPS) is 22.0. The fourth-order valence-electron chi connectivity index (χ4n) is 4.30. The Morgan fingerprint density at radius 1 is 1.17 bits per heavy atom. The largest absolute Gasteiger partial charge is 0.489 e. The maximum absolute atomic E-state index is 14.1. The van der Waals surface area contributed by atoms with Gasteiger partial charge in [-0.05, 0) is 55.6 Å². The van der Waals surface area contributed by atoms with Crippen LogP contribution in [0.2, 0.25) is 0 Å². The van der Waals surface area contributed by atoms with Crippen molar-refractivity contribution in [2.24, 2.45) is 0 Å². The van der Waals surface area contributed by atoms with Crippen molar-refractivity contribution in [3.8, 4) is 5.75 Å². The molecule has 1 heterocycles. The lowest BCUT2D eigenvalue weighted by Crippen LogP contribution is -2.44. The first-order chi connectivity index (χ1) is 14.6. The van der Waals surface area contributed by atoms with Crippen LogP contribution in [-0.4, -0.2) is 54.3 Å². The summed E-state index contributed by atoms with van der Waals surface area (Å²) in [6.07, 6.45) is 3.29. The fraction of sp³-hybridized carbons (Fsp3) is 0.458. The van der Waals surface area contributed by atoms with Crippen molar-refractivity contribution in [2.45, 2.75) is 43.7 Å². The number of ether oxygens (including phenoxy) is 1. The van der Waals surface area contributed by atoms with Crippen molar-refractivity contribution in [1.82, 2.24) is 10.2 Å². The van der Waals surface area contributed by atoms with Gasteiger partial charge in [-0.2, -0.15) is 0 Å². The number of likely N-dealkylation sites (tertiary alicyclic amines) is 1. The molecular weight excluding hydrogens is 383 g/mol. The lowest BCUT2D eigenvalue weighted by atomic mass is 10.0. The minimum absolute atomic E-state index is 0.182. The van der Waals surface area contributed by atoms with E-state index in [0.29, 0.717) is 30.2 Å². The lowest BCUT2D eigenvalue weighted by Gasteiger charge is -2.32. The minimum Gasteiger partial charge on any atom is -0.489 e. The molecule has 30 heavy (non-hydrogen) atoms. The molecule has 1 saturated heterocycles. The molecule has 1 aliphatic carbocycles. The van der Waals surface area contributed by atoms with Gasteiger partial charge in [-0.25, -0.2) is 4.39 Å². The van der Waals surface area contributed by atoms with Crippen LogP contribution in [0.25, 0.3) is 0 Å². The number of nitrogens with zero attached hydrogens (tertiary/aromatic N) is 1. The Morgan fingerprint density at radius 2 is 1.93 bits per heavy atom. The molecule has 2 atom stereocenters. The van der Waals surface area contributed by atoms with E-state index in [1.54, 1.807) is 6.07 Å². The first-order valence-electron chi connectivity index (χ1n) is 10.7. The Bertz CT molecular complexity index is 853. The van der Waals surface area contributed by atoms with Crippen LogP contribution in [0.1, 0.15) is 36.3 Å². The maximum Gasteiger partial charge on any atom is 0.307 e. The molecular formula is C24H29FN2O3. The number of carboxylic acids is 1. The van der Waals surface area contributed by atoms with E-state index in [1.807, 2.05) is 0 Å². The number of carbonyl (C=O) groups is 1. The number of carboxylic acid groups (broad SMARTS) is 1. The number of rotatable bonds is 9. The molecule has 2 aromatic rings. The zero-order valence-corrected chi connectivity index (χ0v) is 17.1. The van der Waals surface area contributed by atoms with E-state index >= 15 is 0 Å². The van der Waals surface area contributed by atoms with Gasteiger partial charge >= 0.3 is 5.97 Å². The summed E-state index contributed by atoms with van der Waals surface area (Å²) in [6.45, 7) is 3.22. The number of piperidine rings is 1. The van der Waals surface area contributed by atoms with Gasteiger partial charge in [0.15, 0.2) is 11.6 Å². The highest BCUT2D eigenvalue weighted by molar-refractivity contribution is 5.70. The second-order valence-electron chi connectivity index (χ2n) is 8.33. The predicted molar refractivity (Wildman–Crippen MR) is 113 cm³/mol. The molecule has 0 radical (unpaired) electrons.